The van der Waals surface area contributed by atoms with E-state index in [2.05, 4.69) is 0 Å². The number of fused-ring (bicyclic) bond motifs is 1. The number of hydrogen-bond donors (Lipinski definition) is 1. The number of anilines is 1. The molecule has 0 saturated heterocycles. The van der Waals surface area contributed by atoms with Gasteiger partial charge in [0.15, 0.2) is 0 Å². The highest BCUT2D eigenvalue weighted by Crippen LogP contribution is 2.37. The molecule has 1 N–H and O–H groups in total. The zero-order chi connectivity index (χ0) is 20.8. The Morgan fingerprint density at radius 2 is 1.76 bits per heavy atom. The summed E-state index contributed by atoms with van der Waals surface area (Å²) in [5.41, 5.74) is 3.35. The smallest absolute Gasteiger partial charge is 0.327 e. The summed E-state index contributed by atoms with van der Waals surface area (Å²) in [4.78, 5) is 11.7. The first kappa shape index (κ1) is 19.1. The lowest BCUT2D eigenvalue weighted by atomic mass is 10.0. The number of carboxylic acids is 1. The largest absolute Gasteiger partial charge is 0.480 e. The molecule has 0 unspecified atom stereocenters. The van der Waals surface area contributed by atoms with Gasteiger partial charge in [-0.15, -0.1) is 0 Å². The molecule has 0 saturated carbocycles. The molecular weight excluding hydrogens is 393 g/mol. The van der Waals surface area contributed by atoms with Gasteiger partial charge in [-0.05, 0) is 59.5 Å². The molecule has 0 radical (unpaired) electrons. The minimum absolute atomic E-state index is 0.00367. The Kier molecular flexibility index (Phi) is 4.62. The van der Waals surface area contributed by atoms with E-state index in [1.165, 1.54) is 24.3 Å². The molecule has 29 heavy (non-hydrogen) atoms. The van der Waals surface area contributed by atoms with Gasteiger partial charge in [-0.1, -0.05) is 36.4 Å². The summed E-state index contributed by atoms with van der Waals surface area (Å²) in [6.07, 6.45) is 0.123. The Labute approximate surface area is 168 Å². The number of carboxylic acid groups (broad SMARTS) is 1. The van der Waals surface area contributed by atoms with Gasteiger partial charge in [0.05, 0.1) is 10.6 Å². The first-order valence-electron chi connectivity index (χ1n) is 9.01. The van der Waals surface area contributed by atoms with Gasteiger partial charge in [0.2, 0.25) is 0 Å². The summed E-state index contributed by atoms with van der Waals surface area (Å²) in [5, 5.41) is 9.58. The van der Waals surface area contributed by atoms with Crippen LogP contribution in [0.15, 0.2) is 71.6 Å². The Morgan fingerprint density at radius 1 is 1.07 bits per heavy atom. The molecule has 0 amide bonds. The van der Waals surface area contributed by atoms with Crippen LogP contribution in [0.2, 0.25) is 0 Å². The van der Waals surface area contributed by atoms with Crippen LogP contribution in [0.3, 0.4) is 0 Å². The molecule has 1 aliphatic rings. The fourth-order valence-corrected chi connectivity index (χ4v) is 5.36. The van der Waals surface area contributed by atoms with Crippen LogP contribution in [0.1, 0.15) is 11.1 Å². The van der Waals surface area contributed by atoms with Gasteiger partial charge in [-0.3, -0.25) is 4.31 Å². The molecule has 3 aromatic carbocycles. The van der Waals surface area contributed by atoms with Crippen LogP contribution in [0.25, 0.3) is 11.1 Å². The van der Waals surface area contributed by atoms with Crippen LogP contribution in [0.4, 0.5) is 10.1 Å². The summed E-state index contributed by atoms with van der Waals surface area (Å²) >= 11 is 0. The number of aliphatic carboxylic acids is 1. The third kappa shape index (κ3) is 3.27. The van der Waals surface area contributed by atoms with Crippen molar-refractivity contribution in [1.82, 2.24) is 0 Å². The number of halogens is 1. The number of nitrogens with zero attached hydrogens (tertiary/aromatic N) is 1. The average Bonchev–Trinajstić information content (AvgIpc) is 3.09. The van der Waals surface area contributed by atoms with Crippen LogP contribution in [0.5, 0.6) is 0 Å². The van der Waals surface area contributed by atoms with Gasteiger partial charge in [0.25, 0.3) is 10.0 Å². The van der Waals surface area contributed by atoms with E-state index in [0.29, 0.717) is 11.3 Å². The number of rotatable bonds is 4. The van der Waals surface area contributed by atoms with Crippen molar-refractivity contribution in [2.24, 2.45) is 0 Å². The lowest BCUT2D eigenvalue weighted by Crippen LogP contribution is -2.42. The van der Waals surface area contributed by atoms with Crippen LogP contribution >= 0.6 is 0 Å². The monoisotopic (exact) mass is 411 g/mol. The maximum atomic E-state index is 13.3. The summed E-state index contributed by atoms with van der Waals surface area (Å²) in [5.74, 6) is -1.53. The minimum Gasteiger partial charge on any atom is -0.480 e. The van der Waals surface area contributed by atoms with Crippen molar-refractivity contribution in [3.05, 3.63) is 83.7 Å². The Balaban J connectivity index is 1.75. The number of para-hydroxylation sites is 1. The highest BCUT2D eigenvalue weighted by molar-refractivity contribution is 7.93. The molecule has 7 heteroatoms. The van der Waals surface area contributed by atoms with E-state index >= 15 is 0 Å². The van der Waals surface area contributed by atoms with Crippen molar-refractivity contribution in [3.8, 4) is 11.1 Å². The summed E-state index contributed by atoms with van der Waals surface area (Å²) in [6, 6.07) is 16.2. The predicted octanol–water partition coefficient (Wildman–Crippen LogP) is 4.01. The van der Waals surface area contributed by atoms with Gasteiger partial charge in [0.1, 0.15) is 11.9 Å². The van der Waals surface area contributed by atoms with Gasteiger partial charge >= 0.3 is 5.97 Å². The van der Waals surface area contributed by atoms with E-state index in [0.717, 1.165) is 21.0 Å². The van der Waals surface area contributed by atoms with Gasteiger partial charge in [0, 0.05) is 6.42 Å². The van der Waals surface area contributed by atoms with E-state index in [4.69, 9.17) is 0 Å². The van der Waals surface area contributed by atoms with Crippen LogP contribution in [0, 0.1) is 12.7 Å². The van der Waals surface area contributed by atoms with Crippen molar-refractivity contribution in [2.45, 2.75) is 24.3 Å². The number of benzene rings is 3. The van der Waals surface area contributed by atoms with E-state index in [-0.39, 0.29) is 17.1 Å². The maximum Gasteiger partial charge on any atom is 0.327 e. The molecule has 148 valence electrons. The van der Waals surface area contributed by atoms with E-state index in [1.807, 2.05) is 0 Å². The number of sulfonamides is 1. The third-order valence-electron chi connectivity index (χ3n) is 5.12. The SMILES string of the molecule is Cc1cc(F)ccc1-c1ccc(S(=O)(=O)N2c3ccccc3C[C@H]2C(=O)O)cc1. The molecule has 0 fully saturated rings. The van der Waals surface area contributed by atoms with Gasteiger partial charge in [-0.25, -0.2) is 17.6 Å². The van der Waals surface area contributed by atoms with Crippen molar-refractivity contribution >= 4 is 21.7 Å². The summed E-state index contributed by atoms with van der Waals surface area (Å²) in [7, 11) is -4.07. The molecule has 5 nitrogen and oxygen atoms in total. The van der Waals surface area contributed by atoms with E-state index < -0.39 is 22.0 Å². The van der Waals surface area contributed by atoms with Crippen LogP contribution in [-0.4, -0.2) is 25.5 Å². The lowest BCUT2D eigenvalue weighted by Gasteiger charge is -2.24. The lowest BCUT2D eigenvalue weighted by molar-refractivity contribution is -0.138. The fourth-order valence-electron chi connectivity index (χ4n) is 3.71. The zero-order valence-corrected chi connectivity index (χ0v) is 16.4. The van der Waals surface area contributed by atoms with Crippen LogP contribution < -0.4 is 4.31 Å². The molecule has 0 spiro atoms. The Hall–Kier alpha value is -3.19. The molecule has 0 aliphatic carbocycles. The van der Waals surface area contributed by atoms with Crippen LogP contribution in [-0.2, 0) is 21.2 Å². The second kappa shape index (κ2) is 7.00. The maximum absolute atomic E-state index is 13.3. The summed E-state index contributed by atoms with van der Waals surface area (Å²) < 4.78 is 40.9. The molecule has 1 heterocycles. The Bertz CT molecular complexity index is 1210. The van der Waals surface area contributed by atoms with E-state index in [1.54, 1.807) is 49.4 Å². The molecule has 0 bridgehead atoms. The zero-order valence-electron chi connectivity index (χ0n) is 15.5. The quantitative estimate of drug-likeness (QED) is 0.704. The molecule has 3 aromatic rings. The van der Waals surface area contributed by atoms with Gasteiger partial charge in [-0.2, -0.15) is 0 Å². The molecular formula is C22H18FNO4S. The first-order chi connectivity index (χ1) is 13.8. The molecule has 1 atom stereocenters. The highest BCUT2D eigenvalue weighted by Gasteiger charge is 2.42. The summed E-state index contributed by atoms with van der Waals surface area (Å²) in [6.45, 7) is 1.78. The van der Waals surface area contributed by atoms with E-state index in [9.17, 15) is 22.7 Å². The van der Waals surface area contributed by atoms with Crippen molar-refractivity contribution < 1.29 is 22.7 Å². The minimum atomic E-state index is -4.07. The number of hydrogen-bond acceptors (Lipinski definition) is 3. The van der Waals surface area contributed by atoms with Crippen molar-refractivity contribution in [1.29, 1.82) is 0 Å². The fraction of sp³-hybridized carbons (Fsp3) is 0.136. The molecule has 4 rings (SSSR count). The number of carbonyl (C=O) groups is 1. The normalized spacial score (nSPS) is 15.9. The second-order valence-electron chi connectivity index (χ2n) is 6.97. The standard InChI is InChI=1S/C22H18FNO4S/c1-14-12-17(23)8-11-19(14)15-6-9-18(10-7-15)29(27,28)24-20-5-3-2-4-16(20)13-21(24)22(25)26/h2-12,21H,13H2,1H3,(H,25,26)/t21-/m0/s1. The first-order valence-corrected chi connectivity index (χ1v) is 10.4. The molecule has 1 aliphatic heterocycles. The topological polar surface area (TPSA) is 74.7 Å². The predicted molar refractivity (Wildman–Crippen MR) is 108 cm³/mol. The highest BCUT2D eigenvalue weighted by atomic mass is 32.2. The van der Waals surface area contributed by atoms with Crippen molar-refractivity contribution in [2.75, 3.05) is 4.31 Å². The van der Waals surface area contributed by atoms with Crippen molar-refractivity contribution in [3.63, 3.8) is 0 Å². The second-order valence-corrected chi connectivity index (χ2v) is 8.79. The van der Waals surface area contributed by atoms with Gasteiger partial charge < -0.3 is 5.11 Å². The third-order valence-corrected chi connectivity index (χ3v) is 6.96. The molecule has 0 aromatic heterocycles. The Morgan fingerprint density at radius 3 is 2.41 bits per heavy atom. The average molecular weight is 411 g/mol. The number of aryl methyl sites for hydroxylation is 1.